The molecule has 2 saturated carbocycles. The lowest BCUT2D eigenvalue weighted by atomic mass is 9.98. The topological polar surface area (TPSA) is 32.3 Å². The van der Waals surface area contributed by atoms with Crippen molar-refractivity contribution in [1.82, 2.24) is 10.2 Å². The van der Waals surface area contributed by atoms with Gasteiger partial charge < -0.3 is 4.90 Å². The van der Waals surface area contributed by atoms with Crippen LogP contribution in [0.1, 0.15) is 39.0 Å². The summed E-state index contributed by atoms with van der Waals surface area (Å²) in [6.45, 7) is 3.03. The summed E-state index contributed by atoms with van der Waals surface area (Å²) in [6.07, 6.45) is 5.76. The lowest BCUT2D eigenvalue weighted by Crippen LogP contribution is -2.44. The molecule has 78 valence electrons. The Bertz CT molecular complexity index is 270. The van der Waals surface area contributed by atoms with Gasteiger partial charge in [-0.05, 0) is 25.2 Å². The smallest absolute Gasteiger partial charge is 0.244 e. The molecular weight excluding hydrogens is 176 g/mol. The minimum absolute atomic E-state index is 0.137. The normalized spacial score (nSPS) is 39.8. The van der Waals surface area contributed by atoms with E-state index in [1.54, 1.807) is 0 Å². The molecule has 3 aliphatic rings. The molecular formula is C11H18N2O. The first-order valence-electron chi connectivity index (χ1n) is 5.79. The number of nitrogens with zero attached hydrogens (tertiary/aromatic N) is 1. The van der Waals surface area contributed by atoms with E-state index in [2.05, 4.69) is 17.1 Å². The van der Waals surface area contributed by atoms with Gasteiger partial charge in [0, 0.05) is 6.04 Å². The molecule has 1 spiro atoms. The molecule has 0 radical (unpaired) electrons. The minimum atomic E-state index is -0.137. The summed E-state index contributed by atoms with van der Waals surface area (Å²) < 4.78 is 0. The Morgan fingerprint density at radius 3 is 2.64 bits per heavy atom. The van der Waals surface area contributed by atoms with Gasteiger partial charge in [-0.1, -0.05) is 19.8 Å². The molecule has 2 atom stereocenters. The van der Waals surface area contributed by atoms with Gasteiger partial charge in [0.25, 0.3) is 0 Å². The summed E-state index contributed by atoms with van der Waals surface area (Å²) >= 11 is 0. The molecule has 3 rings (SSSR count). The van der Waals surface area contributed by atoms with Gasteiger partial charge in [-0.25, -0.2) is 0 Å². The van der Waals surface area contributed by atoms with Crippen molar-refractivity contribution in [2.75, 3.05) is 6.67 Å². The van der Waals surface area contributed by atoms with Crippen molar-refractivity contribution in [3.05, 3.63) is 0 Å². The maximum absolute atomic E-state index is 12.2. The fourth-order valence-corrected chi connectivity index (χ4v) is 3.03. The van der Waals surface area contributed by atoms with Crippen molar-refractivity contribution in [1.29, 1.82) is 0 Å². The summed E-state index contributed by atoms with van der Waals surface area (Å²) in [6, 6.07) is 0.551. The van der Waals surface area contributed by atoms with Gasteiger partial charge in [0.1, 0.15) is 0 Å². The summed E-state index contributed by atoms with van der Waals surface area (Å²) in [5.74, 6) is 1.13. The Hall–Kier alpha value is -0.570. The number of carbonyl (C=O) groups excluding carboxylic acids is 1. The standard InChI is InChI=1S/C11H18N2O/c1-8-6-9(8)13-7-12-11(10(13)14)4-2-3-5-11/h8-9,12H,2-7H2,1H3. The van der Waals surface area contributed by atoms with E-state index in [-0.39, 0.29) is 5.54 Å². The van der Waals surface area contributed by atoms with Crippen LogP contribution in [0.4, 0.5) is 0 Å². The fourth-order valence-electron chi connectivity index (χ4n) is 3.03. The number of rotatable bonds is 1. The maximum Gasteiger partial charge on any atom is 0.244 e. The molecule has 2 unspecified atom stereocenters. The lowest BCUT2D eigenvalue weighted by Gasteiger charge is -2.21. The Morgan fingerprint density at radius 2 is 2.07 bits per heavy atom. The third kappa shape index (κ3) is 1.05. The van der Waals surface area contributed by atoms with E-state index in [1.807, 2.05) is 0 Å². The van der Waals surface area contributed by atoms with Crippen LogP contribution in [0.3, 0.4) is 0 Å². The van der Waals surface area contributed by atoms with Crippen molar-refractivity contribution in [2.45, 2.75) is 50.6 Å². The van der Waals surface area contributed by atoms with E-state index in [0.29, 0.717) is 11.9 Å². The van der Waals surface area contributed by atoms with Crippen molar-refractivity contribution in [3.8, 4) is 0 Å². The van der Waals surface area contributed by atoms with Crippen LogP contribution in [0.25, 0.3) is 0 Å². The summed E-state index contributed by atoms with van der Waals surface area (Å²) in [5.41, 5.74) is -0.137. The van der Waals surface area contributed by atoms with E-state index in [4.69, 9.17) is 0 Å². The molecule has 3 nitrogen and oxygen atoms in total. The first-order chi connectivity index (χ1) is 6.73. The third-order valence-electron chi connectivity index (χ3n) is 4.18. The zero-order valence-corrected chi connectivity index (χ0v) is 8.75. The first-order valence-corrected chi connectivity index (χ1v) is 5.79. The second-order valence-corrected chi connectivity index (χ2v) is 5.18. The van der Waals surface area contributed by atoms with E-state index in [0.717, 1.165) is 25.4 Å². The molecule has 3 heteroatoms. The van der Waals surface area contributed by atoms with E-state index in [9.17, 15) is 4.79 Å². The Kier molecular flexibility index (Phi) is 1.69. The van der Waals surface area contributed by atoms with Crippen molar-refractivity contribution >= 4 is 5.91 Å². The average Bonchev–Trinajstić information content (AvgIpc) is 2.66. The van der Waals surface area contributed by atoms with Gasteiger partial charge in [0.05, 0.1) is 12.2 Å². The van der Waals surface area contributed by atoms with E-state index in [1.165, 1.54) is 19.3 Å². The van der Waals surface area contributed by atoms with Gasteiger partial charge in [-0.15, -0.1) is 0 Å². The molecule has 0 bridgehead atoms. The van der Waals surface area contributed by atoms with Crippen LogP contribution >= 0.6 is 0 Å². The SMILES string of the molecule is CC1CC1N1CNC2(CCCC2)C1=O. The van der Waals surface area contributed by atoms with Gasteiger partial charge in [0.15, 0.2) is 0 Å². The zero-order valence-electron chi connectivity index (χ0n) is 8.75. The van der Waals surface area contributed by atoms with E-state index >= 15 is 0 Å². The first kappa shape index (κ1) is 8.72. The average molecular weight is 194 g/mol. The zero-order chi connectivity index (χ0) is 9.76. The summed E-state index contributed by atoms with van der Waals surface area (Å²) in [7, 11) is 0. The summed E-state index contributed by atoms with van der Waals surface area (Å²) in [4.78, 5) is 14.3. The monoisotopic (exact) mass is 194 g/mol. The molecule has 0 aromatic heterocycles. The van der Waals surface area contributed by atoms with Crippen molar-refractivity contribution in [2.24, 2.45) is 5.92 Å². The molecule has 0 aromatic carbocycles. The largest absolute Gasteiger partial charge is 0.325 e. The van der Waals surface area contributed by atoms with Gasteiger partial charge in [-0.3, -0.25) is 10.1 Å². The highest BCUT2D eigenvalue weighted by atomic mass is 16.2. The highest BCUT2D eigenvalue weighted by Gasteiger charge is 2.53. The maximum atomic E-state index is 12.2. The van der Waals surface area contributed by atoms with Crippen LogP contribution in [-0.2, 0) is 4.79 Å². The summed E-state index contributed by atoms with van der Waals surface area (Å²) in [5, 5.41) is 3.45. The minimum Gasteiger partial charge on any atom is -0.325 e. The second kappa shape index (κ2) is 2.72. The molecule has 1 aliphatic heterocycles. The van der Waals surface area contributed by atoms with E-state index < -0.39 is 0 Å². The Balaban J connectivity index is 1.77. The van der Waals surface area contributed by atoms with Gasteiger partial charge >= 0.3 is 0 Å². The number of hydrogen-bond acceptors (Lipinski definition) is 2. The Morgan fingerprint density at radius 1 is 1.43 bits per heavy atom. The molecule has 1 amide bonds. The number of amides is 1. The molecule has 1 N–H and O–H groups in total. The number of hydrogen-bond donors (Lipinski definition) is 1. The van der Waals surface area contributed by atoms with Crippen LogP contribution in [0.2, 0.25) is 0 Å². The quantitative estimate of drug-likeness (QED) is 0.678. The Labute approximate surface area is 84.8 Å². The van der Waals surface area contributed by atoms with Crippen molar-refractivity contribution < 1.29 is 4.79 Å². The van der Waals surface area contributed by atoms with Gasteiger partial charge in [-0.2, -0.15) is 0 Å². The molecule has 14 heavy (non-hydrogen) atoms. The second-order valence-electron chi connectivity index (χ2n) is 5.18. The molecule has 1 saturated heterocycles. The predicted molar refractivity (Wildman–Crippen MR) is 53.6 cm³/mol. The predicted octanol–water partition coefficient (Wildman–Crippen LogP) is 1.10. The van der Waals surface area contributed by atoms with Crippen LogP contribution in [0.5, 0.6) is 0 Å². The number of carbonyl (C=O) groups is 1. The van der Waals surface area contributed by atoms with Crippen LogP contribution in [0.15, 0.2) is 0 Å². The van der Waals surface area contributed by atoms with Crippen LogP contribution in [0, 0.1) is 5.92 Å². The molecule has 3 fully saturated rings. The highest BCUT2D eigenvalue weighted by Crippen LogP contribution is 2.41. The number of nitrogens with one attached hydrogen (secondary N) is 1. The molecule has 1 heterocycles. The fraction of sp³-hybridized carbons (Fsp3) is 0.909. The molecule has 2 aliphatic carbocycles. The van der Waals surface area contributed by atoms with Crippen LogP contribution in [-0.4, -0.2) is 29.1 Å². The molecule has 0 aromatic rings. The highest BCUT2D eigenvalue weighted by molar-refractivity contribution is 5.89. The van der Waals surface area contributed by atoms with Crippen LogP contribution < -0.4 is 5.32 Å². The lowest BCUT2D eigenvalue weighted by molar-refractivity contribution is -0.132. The van der Waals surface area contributed by atoms with Crippen molar-refractivity contribution in [3.63, 3.8) is 0 Å². The third-order valence-corrected chi connectivity index (χ3v) is 4.18. The van der Waals surface area contributed by atoms with Gasteiger partial charge in [0.2, 0.25) is 5.91 Å².